The quantitative estimate of drug-likeness (QED) is 0.229. The molecule has 0 atom stereocenters. The Labute approximate surface area is 200 Å². The molecule has 0 aliphatic heterocycles. The van der Waals surface area contributed by atoms with Gasteiger partial charge in [0, 0.05) is 17.5 Å². The van der Waals surface area contributed by atoms with E-state index in [2.05, 4.69) is 35.1 Å². The highest BCUT2D eigenvalue weighted by Crippen LogP contribution is 2.29. The van der Waals surface area contributed by atoms with Gasteiger partial charge in [-0.3, -0.25) is 0 Å². The van der Waals surface area contributed by atoms with Crippen molar-refractivity contribution in [3.05, 3.63) is 125 Å². The molecule has 0 aliphatic carbocycles. The van der Waals surface area contributed by atoms with Gasteiger partial charge in [-0.25, -0.2) is 9.98 Å². The molecule has 168 valence electrons. The van der Waals surface area contributed by atoms with E-state index in [0.29, 0.717) is 6.42 Å². The summed E-state index contributed by atoms with van der Waals surface area (Å²) in [5, 5.41) is 0.949. The van der Waals surface area contributed by atoms with E-state index in [-0.39, 0.29) is 5.75 Å². The standard InChI is InChI=1S/C28H20F2N2OS/c29-28(30)33-23-14-11-19(12-15-23)17-26-32-24-16-13-22(18-25(24)34-26)31-27(20-7-3-1-4-8-20)21-9-5-2-6-10-21/h1-16,18,28H,17H2. The second kappa shape index (κ2) is 9.93. The fraction of sp³-hybridized carbons (Fsp3) is 0.0714. The highest BCUT2D eigenvalue weighted by atomic mass is 32.1. The largest absolute Gasteiger partial charge is 0.435 e. The highest BCUT2D eigenvalue weighted by Gasteiger charge is 2.10. The number of aliphatic imine (C=N–C) groups is 1. The SMILES string of the molecule is FC(F)Oc1ccc(Cc2nc3ccc(N=C(c4ccccc4)c4ccccc4)cc3s2)cc1. The van der Waals surface area contributed by atoms with Crippen LogP contribution in [-0.2, 0) is 6.42 Å². The average molecular weight is 471 g/mol. The van der Waals surface area contributed by atoms with Crippen LogP contribution >= 0.6 is 11.3 Å². The van der Waals surface area contributed by atoms with Gasteiger partial charge in [-0.1, -0.05) is 72.8 Å². The molecular formula is C28H20F2N2OS. The number of ether oxygens (including phenoxy) is 1. The van der Waals surface area contributed by atoms with E-state index < -0.39 is 6.61 Å². The lowest BCUT2D eigenvalue weighted by Crippen LogP contribution is -2.02. The Morgan fingerprint density at radius 1 is 0.824 bits per heavy atom. The number of aromatic nitrogens is 1. The number of benzene rings is 4. The van der Waals surface area contributed by atoms with Gasteiger partial charge < -0.3 is 4.74 Å². The average Bonchev–Trinajstić information content (AvgIpc) is 3.26. The van der Waals surface area contributed by atoms with E-state index in [1.165, 1.54) is 0 Å². The predicted octanol–water partition coefficient (Wildman–Crippen LogP) is 7.66. The molecule has 0 N–H and O–H groups in total. The molecule has 5 rings (SSSR count). The van der Waals surface area contributed by atoms with Gasteiger partial charge >= 0.3 is 6.61 Å². The molecule has 0 radical (unpaired) electrons. The molecule has 0 aliphatic rings. The number of fused-ring (bicyclic) bond motifs is 1. The molecule has 0 unspecified atom stereocenters. The number of alkyl halides is 2. The highest BCUT2D eigenvalue weighted by molar-refractivity contribution is 7.18. The number of hydrogen-bond acceptors (Lipinski definition) is 4. The fourth-order valence-electron chi connectivity index (χ4n) is 3.69. The van der Waals surface area contributed by atoms with E-state index in [0.717, 1.165) is 43.3 Å². The van der Waals surface area contributed by atoms with Crippen molar-refractivity contribution in [2.24, 2.45) is 4.99 Å². The third kappa shape index (κ3) is 5.18. The van der Waals surface area contributed by atoms with Crippen molar-refractivity contribution in [3.8, 4) is 5.75 Å². The molecule has 34 heavy (non-hydrogen) atoms. The minimum atomic E-state index is -2.82. The maximum atomic E-state index is 12.4. The number of rotatable bonds is 7. The minimum Gasteiger partial charge on any atom is -0.435 e. The van der Waals surface area contributed by atoms with E-state index in [1.807, 2.05) is 48.5 Å². The molecule has 3 nitrogen and oxygen atoms in total. The first kappa shape index (κ1) is 21.9. The predicted molar refractivity (Wildman–Crippen MR) is 134 cm³/mol. The Morgan fingerprint density at radius 2 is 1.47 bits per heavy atom. The molecule has 0 fully saturated rings. The van der Waals surface area contributed by atoms with Crippen molar-refractivity contribution in [3.63, 3.8) is 0 Å². The molecule has 0 amide bonds. The third-order valence-corrected chi connectivity index (χ3v) is 6.27. The first-order chi connectivity index (χ1) is 16.6. The number of hydrogen-bond donors (Lipinski definition) is 0. The molecule has 6 heteroatoms. The van der Waals surface area contributed by atoms with Crippen LogP contribution in [0.2, 0.25) is 0 Å². The van der Waals surface area contributed by atoms with Gasteiger partial charge in [-0.15, -0.1) is 11.3 Å². The summed E-state index contributed by atoms with van der Waals surface area (Å²) in [5.41, 5.74) is 5.78. The topological polar surface area (TPSA) is 34.5 Å². The number of halogens is 2. The van der Waals surface area contributed by atoms with Crippen LogP contribution in [0.15, 0.2) is 108 Å². The van der Waals surface area contributed by atoms with Crippen LogP contribution in [0, 0.1) is 0 Å². The summed E-state index contributed by atoms with van der Waals surface area (Å²) in [6.45, 7) is -2.82. The summed E-state index contributed by atoms with van der Waals surface area (Å²) in [5.74, 6) is 0.151. The molecule has 0 saturated carbocycles. The molecular weight excluding hydrogens is 450 g/mol. The number of thiazole rings is 1. The Balaban J connectivity index is 1.43. The van der Waals surface area contributed by atoms with Crippen molar-refractivity contribution in [2.75, 3.05) is 0 Å². The normalized spacial score (nSPS) is 11.0. The zero-order valence-corrected chi connectivity index (χ0v) is 18.9. The summed E-state index contributed by atoms with van der Waals surface area (Å²) < 4.78 is 30.2. The van der Waals surface area contributed by atoms with Crippen LogP contribution in [0.5, 0.6) is 5.75 Å². The second-order valence-electron chi connectivity index (χ2n) is 7.65. The summed E-state index contributed by atoms with van der Waals surface area (Å²) in [6, 6.07) is 33.0. The lowest BCUT2D eigenvalue weighted by molar-refractivity contribution is -0.0498. The summed E-state index contributed by atoms with van der Waals surface area (Å²) in [4.78, 5) is 9.73. The van der Waals surface area contributed by atoms with E-state index in [9.17, 15) is 8.78 Å². The maximum Gasteiger partial charge on any atom is 0.387 e. The van der Waals surface area contributed by atoms with Gasteiger partial charge in [0.25, 0.3) is 0 Å². The lowest BCUT2D eigenvalue weighted by Gasteiger charge is -2.07. The van der Waals surface area contributed by atoms with Crippen LogP contribution in [0.3, 0.4) is 0 Å². The second-order valence-corrected chi connectivity index (χ2v) is 8.77. The Bertz CT molecular complexity index is 1370. The lowest BCUT2D eigenvalue weighted by atomic mass is 10.0. The van der Waals surface area contributed by atoms with Crippen LogP contribution in [0.1, 0.15) is 21.7 Å². The van der Waals surface area contributed by atoms with Crippen LogP contribution in [0.4, 0.5) is 14.5 Å². The smallest absolute Gasteiger partial charge is 0.387 e. The summed E-state index contributed by atoms with van der Waals surface area (Å²) >= 11 is 1.61. The van der Waals surface area contributed by atoms with E-state index in [4.69, 9.17) is 9.98 Å². The summed E-state index contributed by atoms with van der Waals surface area (Å²) in [6.07, 6.45) is 0.617. The Hall–Kier alpha value is -3.90. The van der Waals surface area contributed by atoms with Gasteiger partial charge in [0.2, 0.25) is 0 Å². The molecule has 0 saturated heterocycles. The minimum absolute atomic E-state index is 0.151. The third-order valence-electron chi connectivity index (χ3n) is 5.26. The molecule has 1 aromatic heterocycles. The Morgan fingerprint density at radius 3 is 2.09 bits per heavy atom. The molecule has 5 aromatic rings. The molecule has 1 heterocycles. The van der Waals surface area contributed by atoms with Gasteiger partial charge in [-0.05, 0) is 35.9 Å². The summed E-state index contributed by atoms with van der Waals surface area (Å²) in [7, 11) is 0. The molecule has 4 aromatic carbocycles. The van der Waals surface area contributed by atoms with Gasteiger partial charge in [0.05, 0.1) is 26.6 Å². The first-order valence-corrected chi connectivity index (χ1v) is 11.6. The zero-order chi connectivity index (χ0) is 23.3. The van der Waals surface area contributed by atoms with E-state index in [1.54, 1.807) is 35.6 Å². The van der Waals surface area contributed by atoms with E-state index >= 15 is 0 Å². The molecule has 0 bridgehead atoms. The van der Waals surface area contributed by atoms with Crippen molar-refractivity contribution >= 4 is 33.0 Å². The van der Waals surface area contributed by atoms with Gasteiger partial charge in [0.1, 0.15) is 5.75 Å². The van der Waals surface area contributed by atoms with Crippen molar-refractivity contribution in [2.45, 2.75) is 13.0 Å². The monoisotopic (exact) mass is 470 g/mol. The van der Waals surface area contributed by atoms with Crippen molar-refractivity contribution in [1.29, 1.82) is 0 Å². The van der Waals surface area contributed by atoms with Crippen molar-refractivity contribution < 1.29 is 13.5 Å². The van der Waals surface area contributed by atoms with Crippen LogP contribution < -0.4 is 4.74 Å². The zero-order valence-electron chi connectivity index (χ0n) is 18.1. The maximum absolute atomic E-state index is 12.4. The van der Waals surface area contributed by atoms with Gasteiger partial charge in [0.15, 0.2) is 0 Å². The van der Waals surface area contributed by atoms with Crippen LogP contribution in [0.25, 0.3) is 10.2 Å². The Kier molecular flexibility index (Phi) is 6.40. The van der Waals surface area contributed by atoms with Crippen molar-refractivity contribution in [1.82, 2.24) is 4.98 Å². The molecule has 0 spiro atoms. The number of nitrogens with zero attached hydrogens (tertiary/aromatic N) is 2. The first-order valence-electron chi connectivity index (χ1n) is 10.8. The fourth-order valence-corrected chi connectivity index (χ4v) is 4.72. The van der Waals surface area contributed by atoms with Gasteiger partial charge in [-0.2, -0.15) is 8.78 Å². The van der Waals surface area contributed by atoms with Crippen LogP contribution in [-0.4, -0.2) is 17.3 Å².